The van der Waals surface area contributed by atoms with Crippen LogP contribution in [0.3, 0.4) is 0 Å². The van der Waals surface area contributed by atoms with E-state index < -0.39 is 18.5 Å². The smallest absolute Gasteiger partial charge is 0.343 e. The second-order valence-electron chi connectivity index (χ2n) is 5.99. The van der Waals surface area contributed by atoms with Crippen molar-refractivity contribution in [2.24, 2.45) is 0 Å². The van der Waals surface area contributed by atoms with E-state index in [-0.39, 0.29) is 10.7 Å². The maximum atomic E-state index is 12.4. The molecule has 6 nitrogen and oxygen atoms in total. The van der Waals surface area contributed by atoms with Crippen molar-refractivity contribution < 1.29 is 14.3 Å². The van der Waals surface area contributed by atoms with Crippen LogP contribution in [0.25, 0.3) is 5.69 Å². The van der Waals surface area contributed by atoms with Crippen LogP contribution in [0.1, 0.15) is 21.6 Å². The number of aromatic nitrogens is 2. The van der Waals surface area contributed by atoms with Crippen LogP contribution >= 0.6 is 11.6 Å². The Bertz CT molecular complexity index is 966. The number of hydrogen-bond acceptors (Lipinski definition) is 4. The molecule has 1 aromatic heterocycles. The van der Waals surface area contributed by atoms with Gasteiger partial charge in [0, 0.05) is 5.69 Å². The molecule has 0 saturated heterocycles. The van der Waals surface area contributed by atoms with Gasteiger partial charge in [0.15, 0.2) is 6.61 Å². The molecule has 138 valence electrons. The fourth-order valence-electron chi connectivity index (χ4n) is 2.51. The normalized spacial score (nSPS) is 10.5. The fraction of sp³-hybridized carbons (Fsp3) is 0.150. The fourth-order valence-corrected chi connectivity index (χ4v) is 2.86. The number of esters is 1. The molecular formula is C20H18ClN3O3. The largest absolute Gasteiger partial charge is 0.452 e. The number of halogens is 1. The van der Waals surface area contributed by atoms with Gasteiger partial charge in [0.25, 0.3) is 5.91 Å². The van der Waals surface area contributed by atoms with Gasteiger partial charge in [0.1, 0.15) is 10.7 Å². The first-order valence-corrected chi connectivity index (χ1v) is 8.67. The molecule has 0 aliphatic heterocycles. The van der Waals surface area contributed by atoms with E-state index in [0.717, 1.165) is 11.3 Å². The number of rotatable bonds is 5. The standard InChI is InChI=1S/C20H18ClN3O3/c1-13-8-10-15(11-9-13)22-17(25)12-27-20(26)18-14(2)23-24(19(18)21)16-6-4-3-5-7-16/h3-11H,12H2,1-2H3,(H,22,25). The van der Waals surface area contributed by atoms with Crippen molar-refractivity contribution in [1.29, 1.82) is 0 Å². The van der Waals surface area contributed by atoms with E-state index in [4.69, 9.17) is 16.3 Å². The molecule has 1 N–H and O–H groups in total. The van der Waals surface area contributed by atoms with Gasteiger partial charge < -0.3 is 10.1 Å². The zero-order valence-electron chi connectivity index (χ0n) is 14.9. The van der Waals surface area contributed by atoms with Crippen LogP contribution in [-0.4, -0.2) is 28.3 Å². The number of carbonyl (C=O) groups excluding carboxylic acids is 2. The lowest BCUT2D eigenvalue weighted by Gasteiger charge is -2.07. The molecule has 1 amide bonds. The number of carbonyl (C=O) groups is 2. The van der Waals surface area contributed by atoms with Crippen molar-refractivity contribution in [2.45, 2.75) is 13.8 Å². The Morgan fingerprint density at radius 2 is 1.74 bits per heavy atom. The molecule has 0 radical (unpaired) electrons. The van der Waals surface area contributed by atoms with Crippen molar-refractivity contribution in [3.8, 4) is 5.69 Å². The second kappa shape index (κ2) is 8.05. The molecule has 7 heteroatoms. The Balaban J connectivity index is 1.67. The average molecular weight is 384 g/mol. The highest BCUT2D eigenvalue weighted by atomic mass is 35.5. The number of nitrogens with zero attached hydrogens (tertiary/aromatic N) is 2. The molecule has 0 bridgehead atoms. The molecule has 2 aromatic carbocycles. The van der Waals surface area contributed by atoms with Crippen molar-refractivity contribution >= 4 is 29.2 Å². The van der Waals surface area contributed by atoms with Gasteiger partial charge >= 0.3 is 5.97 Å². The van der Waals surface area contributed by atoms with Crippen molar-refractivity contribution in [2.75, 3.05) is 11.9 Å². The summed E-state index contributed by atoms with van der Waals surface area (Å²) in [7, 11) is 0. The van der Waals surface area contributed by atoms with Crippen LogP contribution in [-0.2, 0) is 9.53 Å². The SMILES string of the molecule is Cc1ccc(NC(=O)COC(=O)c2c(C)nn(-c3ccccc3)c2Cl)cc1. The third kappa shape index (κ3) is 4.35. The highest BCUT2D eigenvalue weighted by Crippen LogP contribution is 2.24. The number of nitrogens with one attached hydrogen (secondary N) is 1. The third-order valence-corrected chi connectivity index (χ3v) is 4.23. The highest BCUT2D eigenvalue weighted by Gasteiger charge is 2.23. The molecule has 1 heterocycles. The summed E-state index contributed by atoms with van der Waals surface area (Å²) in [6, 6.07) is 16.5. The van der Waals surface area contributed by atoms with Crippen LogP contribution in [0.4, 0.5) is 5.69 Å². The number of amides is 1. The summed E-state index contributed by atoms with van der Waals surface area (Å²) in [6.07, 6.45) is 0. The highest BCUT2D eigenvalue weighted by molar-refractivity contribution is 6.33. The quantitative estimate of drug-likeness (QED) is 0.677. The Morgan fingerprint density at radius 3 is 2.41 bits per heavy atom. The first-order valence-electron chi connectivity index (χ1n) is 8.30. The van der Waals surface area contributed by atoms with E-state index in [1.807, 2.05) is 49.4 Å². The zero-order valence-corrected chi connectivity index (χ0v) is 15.7. The minimum Gasteiger partial charge on any atom is -0.452 e. The average Bonchev–Trinajstić information content (AvgIpc) is 2.97. The van der Waals surface area contributed by atoms with Gasteiger partial charge in [-0.15, -0.1) is 0 Å². The number of para-hydroxylation sites is 1. The van der Waals surface area contributed by atoms with Gasteiger partial charge in [-0.2, -0.15) is 5.10 Å². The molecule has 0 fully saturated rings. The molecule has 0 saturated carbocycles. The number of ether oxygens (including phenoxy) is 1. The predicted molar refractivity (Wildman–Crippen MR) is 103 cm³/mol. The van der Waals surface area contributed by atoms with E-state index in [1.54, 1.807) is 19.1 Å². The molecule has 3 rings (SSSR count). The monoisotopic (exact) mass is 383 g/mol. The number of anilines is 1. The van der Waals surface area contributed by atoms with Crippen LogP contribution in [0, 0.1) is 13.8 Å². The van der Waals surface area contributed by atoms with Gasteiger partial charge in [-0.1, -0.05) is 47.5 Å². The molecular weight excluding hydrogens is 366 g/mol. The molecule has 0 atom stereocenters. The number of hydrogen-bond donors (Lipinski definition) is 1. The Hall–Kier alpha value is -3.12. The number of aryl methyl sites for hydroxylation is 2. The summed E-state index contributed by atoms with van der Waals surface area (Å²) in [4.78, 5) is 24.4. The van der Waals surface area contributed by atoms with Crippen LogP contribution in [0.5, 0.6) is 0 Å². The van der Waals surface area contributed by atoms with Gasteiger partial charge in [-0.25, -0.2) is 9.48 Å². The molecule has 0 spiro atoms. The molecule has 0 unspecified atom stereocenters. The predicted octanol–water partition coefficient (Wildman–Crippen LogP) is 3.94. The van der Waals surface area contributed by atoms with E-state index in [0.29, 0.717) is 11.4 Å². The van der Waals surface area contributed by atoms with E-state index in [9.17, 15) is 9.59 Å². The Kier molecular flexibility index (Phi) is 5.57. The summed E-state index contributed by atoms with van der Waals surface area (Å²) in [5, 5.41) is 7.10. The van der Waals surface area contributed by atoms with Gasteiger partial charge in [0.2, 0.25) is 0 Å². The van der Waals surface area contributed by atoms with Crippen molar-refractivity contribution in [3.63, 3.8) is 0 Å². The second-order valence-corrected chi connectivity index (χ2v) is 6.35. The van der Waals surface area contributed by atoms with Gasteiger partial charge in [-0.05, 0) is 38.1 Å². The van der Waals surface area contributed by atoms with E-state index in [2.05, 4.69) is 10.4 Å². The first kappa shape index (κ1) is 18.7. The topological polar surface area (TPSA) is 73.2 Å². The van der Waals surface area contributed by atoms with Gasteiger partial charge in [-0.3, -0.25) is 4.79 Å². The third-order valence-electron chi connectivity index (χ3n) is 3.88. The summed E-state index contributed by atoms with van der Waals surface area (Å²) in [5.74, 6) is -1.13. The minimum absolute atomic E-state index is 0.141. The molecule has 3 aromatic rings. The van der Waals surface area contributed by atoms with Crippen LogP contribution < -0.4 is 5.32 Å². The summed E-state index contributed by atoms with van der Waals surface area (Å²) >= 11 is 6.32. The maximum absolute atomic E-state index is 12.4. The van der Waals surface area contributed by atoms with Crippen LogP contribution in [0.15, 0.2) is 54.6 Å². The van der Waals surface area contributed by atoms with E-state index >= 15 is 0 Å². The lowest BCUT2D eigenvalue weighted by atomic mass is 10.2. The van der Waals surface area contributed by atoms with Crippen molar-refractivity contribution in [1.82, 2.24) is 9.78 Å². The van der Waals surface area contributed by atoms with E-state index in [1.165, 1.54) is 4.68 Å². The molecule has 0 aliphatic rings. The lowest BCUT2D eigenvalue weighted by Crippen LogP contribution is -2.21. The van der Waals surface area contributed by atoms with Crippen molar-refractivity contribution in [3.05, 3.63) is 76.6 Å². The summed E-state index contributed by atoms with van der Waals surface area (Å²) < 4.78 is 6.57. The Morgan fingerprint density at radius 1 is 1.07 bits per heavy atom. The maximum Gasteiger partial charge on any atom is 0.343 e. The Labute approximate surface area is 161 Å². The summed E-state index contributed by atoms with van der Waals surface area (Å²) in [5.41, 5.74) is 3.01. The zero-order chi connectivity index (χ0) is 19.4. The number of benzene rings is 2. The summed E-state index contributed by atoms with van der Waals surface area (Å²) in [6.45, 7) is 3.20. The molecule has 27 heavy (non-hydrogen) atoms. The van der Waals surface area contributed by atoms with Crippen LogP contribution in [0.2, 0.25) is 5.15 Å². The first-order chi connectivity index (χ1) is 13.0. The molecule has 0 aliphatic carbocycles. The lowest BCUT2D eigenvalue weighted by molar-refractivity contribution is -0.119. The minimum atomic E-state index is -0.696. The van der Waals surface area contributed by atoms with Gasteiger partial charge in [0.05, 0.1) is 11.4 Å².